The Bertz CT molecular complexity index is 329. The summed E-state index contributed by atoms with van der Waals surface area (Å²) >= 11 is 1.87. The van der Waals surface area contributed by atoms with E-state index in [1.165, 1.54) is 12.1 Å². The van der Waals surface area contributed by atoms with E-state index < -0.39 is 11.7 Å². The topological polar surface area (TPSA) is 17.1 Å². The molecule has 0 aliphatic heterocycles. The maximum absolute atomic E-state index is 12.1. The number of benzene rings is 1. The number of rotatable bonds is 2. The van der Waals surface area contributed by atoms with E-state index in [1.54, 1.807) is 0 Å². The molecule has 0 saturated carbocycles. The van der Waals surface area contributed by atoms with Crippen molar-refractivity contribution in [3.63, 3.8) is 0 Å². The van der Waals surface area contributed by atoms with Gasteiger partial charge in [-0.2, -0.15) is 13.2 Å². The van der Waals surface area contributed by atoms with Crippen molar-refractivity contribution in [2.75, 3.05) is 4.43 Å². The highest BCUT2D eigenvalue weighted by Gasteiger charge is 2.30. The van der Waals surface area contributed by atoms with Crippen molar-refractivity contribution < 1.29 is 18.0 Å². The van der Waals surface area contributed by atoms with Crippen molar-refractivity contribution in [1.29, 1.82) is 0 Å². The molecule has 0 aliphatic carbocycles. The minimum Gasteiger partial charge on any atom is -0.293 e. The normalized spacial score (nSPS) is 11.4. The lowest BCUT2D eigenvalue weighted by Crippen LogP contribution is -2.06. The van der Waals surface area contributed by atoms with Gasteiger partial charge in [-0.3, -0.25) is 4.79 Å². The summed E-state index contributed by atoms with van der Waals surface area (Å²) in [6.45, 7) is 0. The lowest BCUT2D eigenvalue weighted by Gasteiger charge is -2.06. The fourth-order valence-corrected chi connectivity index (χ4v) is 1.36. The summed E-state index contributed by atoms with van der Waals surface area (Å²) < 4.78 is 36.6. The molecule has 0 heterocycles. The Morgan fingerprint density at radius 2 is 1.71 bits per heavy atom. The van der Waals surface area contributed by atoms with E-state index in [0.29, 0.717) is 5.56 Å². The Balaban J connectivity index is 2.95. The summed E-state index contributed by atoms with van der Waals surface area (Å²) in [5.74, 6) is -0.167. The zero-order valence-electron chi connectivity index (χ0n) is 6.94. The van der Waals surface area contributed by atoms with Crippen molar-refractivity contribution in [2.24, 2.45) is 0 Å². The molecule has 0 radical (unpaired) electrons. The molecule has 0 atom stereocenters. The highest BCUT2D eigenvalue weighted by Crippen LogP contribution is 2.29. The van der Waals surface area contributed by atoms with Gasteiger partial charge in [0.25, 0.3) is 0 Å². The Hall–Kier alpha value is -0.590. The van der Waals surface area contributed by atoms with Gasteiger partial charge >= 0.3 is 6.18 Å². The number of ketones is 1. The third-order valence-corrected chi connectivity index (χ3v) is 2.35. The summed E-state index contributed by atoms with van der Waals surface area (Å²) in [6.07, 6.45) is -4.34. The van der Waals surface area contributed by atoms with Crippen molar-refractivity contribution >= 4 is 28.4 Å². The second-order valence-corrected chi connectivity index (χ2v) is 3.39. The van der Waals surface area contributed by atoms with Crippen LogP contribution >= 0.6 is 22.6 Å². The van der Waals surface area contributed by atoms with Crippen molar-refractivity contribution in [2.45, 2.75) is 6.18 Å². The maximum Gasteiger partial charge on any atom is 0.416 e. The van der Waals surface area contributed by atoms with E-state index >= 15 is 0 Å². The molecule has 0 bridgehead atoms. The zero-order valence-corrected chi connectivity index (χ0v) is 9.09. The minimum absolute atomic E-state index is 0.167. The number of carbonyl (C=O) groups is 1. The van der Waals surface area contributed by atoms with Crippen LogP contribution in [-0.2, 0) is 6.18 Å². The number of carbonyl (C=O) groups excluding carboxylic acids is 1. The van der Waals surface area contributed by atoms with E-state index in [0.717, 1.165) is 12.1 Å². The average Bonchev–Trinajstić information content (AvgIpc) is 2.15. The molecule has 0 spiro atoms. The molecule has 0 N–H and O–H groups in total. The third kappa shape index (κ3) is 2.70. The lowest BCUT2D eigenvalue weighted by molar-refractivity contribution is -0.137. The number of hydrogen-bond acceptors (Lipinski definition) is 1. The zero-order chi connectivity index (χ0) is 10.8. The molecule has 1 aromatic carbocycles. The Morgan fingerprint density at radius 3 is 2.07 bits per heavy atom. The van der Waals surface area contributed by atoms with Crippen molar-refractivity contribution in [3.8, 4) is 0 Å². The van der Waals surface area contributed by atoms with Gasteiger partial charge in [0, 0.05) is 5.56 Å². The summed E-state index contributed by atoms with van der Waals surface area (Å²) in [4.78, 5) is 11.1. The molecular formula is C9H6F3IO. The van der Waals surface area contributed by atoms with Gasteiger partial charge in [0.15, 0.2) is 5.78 Å². The van der Waals surface area contributed by atoms with Crippen LogP contribution in [-0.4, -0.2) is 10.2 Å². The van der Waals surface area contributed by atoms with Crippen LogP contribution in [0, 0.1) is 0 Å². The van der Waals surface area contributed by atoms with Crippen LogP contribution in [0.3, 0.4) is 0 Å². The summed E-state index contributed by atoms with van der Waals surface area (Å²) in [6, 6.07) is 4.23. The maximum atomic E-state index is 12.1. The first-order valence-corrected chi connectivity index (χ1v) is 5.24. The molecule has 0 aromatic heterocycles. The molecule has 5 heteroatoms. The molecule has 0 aliphatic rings. The smallest absolute Gasteiger partial charge is 0.293 e. The van der Waals surface area contributed by atoms with Crippen LogP contribution in [0.15, 0.2) is 24.3 Å². The highest BCUT2D eigenvalue weighted by atomic mass is 127. The molecule has 76 valence electrons. The van der Waals surface area contributed by atoms with E-state index in [-0.39, 0.29) is 10.2 Å². The fourth-order valence-electron chi connectivity index (χ4n) is 0.922. The predicted molar refractivity (Wildman–Crippen MR) is 54.7 cm³/mol. The van der Waals surface area contributed by atoms with Gasteiger partial charge in [0.2, 0.25) is 0 Å². The van der Waals surface area contributed by atoms with Crippen LogP contribution < -0.4 is 0 Å². The Morgan fingerprint density at radius 1 is 1.21 bits per heavy atom. The summed E-state index contributed by atoms with van der Waals surface area (Å²) in [5, 5.41) is 0. The van der Waals surface area contributed by atoms with Crippen LogP contribution in [0.1, 0.15) is 15.9 Å². The van der Waals surface area contributed by atoms with Crippen LogP contribution in [0.25, 0.3) is 0 Å². The van der Waals surface area contributed by atoms with E-state index in [4.69, 9.17) is 0 Å². The monoisotopic (exact) mass is 314 g/mol. The molecule has 1 nitrogen and oxygen atoms in total. The average molecular weight is 314 g/mol. The molecule has 0 unspecified atom stereocenters. The Kier molecular flexibility index (Phi) is 3.52. The SMILES string of the molecule is O=C(CI)c1ccc(C(F)(F)F)cc1. The second kappa shape index (κ2) is 4.29. The minimum atomic E-state index is -4.34. The number of alkyl halides is 4. The standard InChI is InChI=1S/C9H6F3IO/c10-9(11,12)7-3-1-6(2-4-7)8(14)5-13/h1-4H,5H2. The molecule has 1 rings (SSSR count). The van der Waals surface area contributed by atoms with Gasteiger partial charge in [-0.15, -0.1) is 0 Å². The van der Waals surface area contributed by atoms with Gasteiger partial charge in [0.05, 0.1) is 9.99 Å². The van der Waals surface area contributed by atoms with Gasteiger partial charge in [0.1, 0.15) is 0 Å². The van der Waals surface area contributed by atoms with Gasteiger partial charge in [-0.05, 0) is 12.1 Å². The quantitative estimate of drug-likeness (QED) is 0.465. The van der Waals surface area contributed by atoms with Crippen molar-refractivity contribution in [1.82, 2.24) is 0 Å². The first-order valence-electron chi connectivity index (χ1n) is 3.71. The number of Topliss-reactive ketones (excluding diaryl/α,β-unsaturated/α-hetero) is 1. The fraction of sp³-hybridized carbons (Fsp3) is 0.222. The van der Waals surface area contributed by atoms with Gasteiger partial charge < -0.3 is 0 Å². The van der Waals surface area contributed by atoms with E-state index in [9.17, 15) is 18.0 Å². The molecular weight excluding hydrogens is 308 g/mol. The number of hydrogen-bond donors (Lipinski definition) is 0. The van der Waals surface area contributed by atoms with Crippen molar-refractivity contribution in [3.05, 3.63) is 35.4 Å². The van der Waals surface area contributed by atoms with Crippen LogP contribution in [0.5, 0.6) is 0 Å². The summed E-state index contributed by atoms with van der Waals surface area (Å²) in [5.41, 5.74) is -0.421. The Labute approximate surface area is 92.4 Å². The molecule has 14 heavy (non-hydrogen) atoms. The molecule has 0 fully saturated rings. The van der Waals surface area contributed by atoms with Crippen LogP contribution in [0.2, 0.25) is 0 Å². The lowest BCUT2D eigenvalue weighted by atomic mass is 10.1. The highest BCUT2D eigenvalue weighted by molar-refractivity contribution is 14.1. The third-order valence-electron chi connectivity index (χ3n) is 1.66. The predicted octanol–water partition coefficient (Wildman–Crippen LogP) is 3.32. The first-order chi connectivity index (χ1) is 6.45. The largest absolute Gasteiger partial charge is 0.416 e. The molecule has 1 aromatic rings. The van der Waals surface area contributed by atoms with E-state index in [1.807, 2.05) is 22.6 Å². The number of halogens is 4. The first kappa shape index (κ1) is 11.5. The van der Waals surface area contributed by atoms with Gasteiger partial charge in [-0.1, -0.05) is 34.7 Å². The van der Waals surface area contributed by atoms with Gasteiger partial charge in [-0.25, -0.2) is 0 Å². The molecule has 0 saturated heterocycles. The van der Waals surface area contributed by atoms with Crippen LogP contribution in [0.4, 0.5) is 13.2 Å². The second-order valence-electron chi connectivity index (χ2n) is 2.63. The summed E-state index contributed by atoms with van der Waals surface area (Å²) in [7, 11) is 0. The molecule has 0 amide bonds. The van der Waals surface area contributed by atoms with E-state index in [2.05, 4.69) is 0 Å².